The van der Waals surface area contributed by atoms with E-state index in [1.807, 2.05) is 0 Å². The largest absolute Gasteiger partial charge is 0.310 e. The van der Waals surface area contributed by atoms with Crippen LogP contribution in [0.25, 0.3) is 0 Å². The molecule has 0 saturated heterocycles. The van der Waals surface area contributed by atoms with Gasteiger partial charge in [-0.3, -0.25) is 10.1 Å². The van der Waals surface area contributed by atoms with Crippen LogP contribution in [-0.4, -0.2) is 11.0 Å². The number of rotatable bonds is 4. The molecule has 4 nitrogen and oxygen atoms in total. The summed E-state index contributed by atoms with van der Waals surface area (Å²) in [6.07, 6.45) is 4.82. The van der Waals surface area contributed by atoms with Crippen LogP contribution in [0.5, 0.6) is 0 Å². The van der Waals surface area contributed by atoms with Gasteiger partial charge in [0.05, 0.1) is 4.92 Å². The number of benzene rings is 1. The Bertz CT molecular complexity index is 465. The quantitative estimate of drug-likeness (QED) is 0.673. The maximum atomic E-state index is 11.0. The molecule has 2 unspecified atom stereocenters. The second-order valence-electron chi connectivity index (χ2n) is 5.38. The van der Waals surface area contributed by atoms with E-state index in [1.54, 1.807) is 12.1 Å². The monoisotopic (exact) mass is 282 g/mol. The van der Waals surface area contributed by atoms with Crippen LogP contribution >= 0.6 is 11.6 Å². The van der Waals surface area contributed by atoms with Gasteiger partial charge in [-0.05, 0) is 30.9 Å². The van der Waals surface area contributed by atoms with Crippen molar-refractivity contribution >= 4 is 17.3 Å². The van der Waals surface area contributed by atoms with Crippen molar-refractivity contribution in [3.05, 3.63) is 38.9 Å². The zero-order chi connectivity index (χ0) is 13.8. The first kappa shape index (κ1) is 14.3. The minimum atomic E-state index is -0.350. The Hall–Kier alpha value is -1.13. The first-order valence-corrected chi connectivity index (χ1v) is 7.10. The van der Waals surface area contributed by atoms with Crippen LogP contribution in [0.4, 0.5) is 5.69 Å². The van der Waals surface area contributed by atoms with Crippen LogP contribution in [0.15, 0.2) is 18.2 Å². The average Bonchev–Trinajstić information content (AvgIpc) is 2.36. The molecule has 2 atom stereocenters. The minimum Gasteiger partial charge on any atom is -0.310 e. The van der Waals surface area contributed by atoms with E-state index in [9.17, 15) is 10.1 Å². The fourth-order valence-corrected chi connectivity index (χ4v) is 2.94. The molecule has 1 saturated carbocycles. The molecule has 0 radical (unpaired) electrons. The fourth-order valence-electron chi connectivity index (χ4n) is 2.75. The lowest BCUT2D eigenvalue weighted by atomic mass is 9.87. The molecule has 0 aliphatic heterocycles. The van der Waals surface area contributed by atoms with Gasteiger partial charge in [0.2, 0.25) is 0 Å². The fraction of sp³-hybridized carbons (Fsp3) is 0.571. The highest BCUT2D eigenvalue weighted by Gasteiger charge is 2.20. The lowest BCUT2D eigenvalue weighted by molar-refractivity contribution is -0.385. The number of nitro groups is 1. The van der Waals surface area contributed by atoms with Gasteiger partial charge in [0, 0.05) is 29.2 Å². The van der Waals surface area contributed by atoms with E-state index in [4.69, 9.17) is 11.6 Å². The maximum absolute atomic E-state index is 11.0. The molecule has 1 fully saturated rings. The minimum absolute atomic E-state index is 0.140. The standard InChI is InChI=1S/C14H19ClN2O2/c1-10-3-2-4-13(7-10)16-9-11-8-12(15)5-6-14(11)17(18)19/h5-6,8,10,13,16H,2-4,7,9H2,1H3. The average molecular weight is 283 g/mol. The van der Waals surface area contributed by atoms with E-state index in [2.05, 4.69) is 12.2 Å². The summed E-state index contributed by atoms with van der Waals surface area (Å²) in [6.45, 7) is 2.77. The SMILES string of the molecule is CC1CCCC(NCc2cc(Cl)ccc2[N+](=O)[O-])C1. The van der Waals surface area contributed by atoms with E-state index in [0.717, 1.165) is 18.8 Å². The summed E-state index contributed by atoms with van der Waals surface area (Å²) in [7, 11) is 0. The van der Waals surface area contributed by atoms with Crippen molar-refractivity contribution < 1.29 is 4.92 Å². The van der Waals surface area contributed by atoms with Gasteiger partial charge in [-0.2, -0.15) is 0 Å². The van der Waals surface area contributed by atoms with Gasteiger partial charge in [0.25, 0.3) is 5.69 Å². The predicted molar refractivity (Wildman–Crippen MR) is 76.4 cm³/mol. The van der Waals surface area contributed by atoms with Crippen molar-refractivity contribution in [1.29, 1.82) is 0 Å². The Labute approximate surface area is 118 Å². The molecule has 0 amide bonds. The number of nitrogens with zero attached hydrogens (tertiary/aromatic N) is 1. The summed E-state index contributed by atoms with van der Waals surface area (Å²) in [4.78, 5) is 10.6. The molecule has 1 aromatic rings. The zero-order valence-corrected chi connectivity index (χ0v) is 11.8. The predicted octanol–water partition coefficient (Wildman–Crippen LogP) is 3.92. The third kappa shape index (κ3) is 3.91. The van der Waals surface area contributed by atoms with E-state index in [-0.39, 0.29) is 10.6 Å². The molecule has 0 aromatic heterocycles. The van der Waals surface area contributed by atoms with Gasteiger partial charge < -0.3 is 5.32 Å². The Morgan fingerprint density at radius 2 is 2.26 bits per heavy atom. The van der Waals surface area contributed by atoms with Gasteiger partial charge >= 0.3 is 0 Å². The number of hydrogen-bond donors (Lipinski definition) is 1. The topological polar surface area (TPSA) is 55.2 Å². The summed E-state index contributed by atoms with van der Waals surface area (Å²) >= 11 is 5.92. The Morgan fingerprint density at radius 1 is 1.47 bits per heavy atom. The van der Waals surface area contributed by atoms with E-state index < -0.39 is 0 Å². The van der Waals surface area contributed by atoms with Crippen molar-refractivity contribution in [3.8, 4) is 0 Å². The summed E-state index contributed by atoms with van der Waals surface area (Å²) in [6, 6.07) is 5.18. The summed E-state index contributed by atoms with van der Waals surface area (Å²) in [5.74, 6) is 0.737. The van der Waals surface area contributed by atoms with Crippen molar-refractivity contribution in [2.45, 2.75) is 45.2 Å². The smallest absolute Gasteiger partial charge is 0.273 e. The summed E-state index contributed by atoms with van der Waals surface area (Å²) in [5, 5.41) is 14.9. The lowest BCUT2D eigenvalue weighted by Gasteiger charge is -2.27. The molecular weight excluding hydrogens is 264 g/mol. The van der Waals surface area contributed by atoms with Crippen molar-refractivity contribution in [2.24, 2.45) is 5.92 Å². The van der Waals surface area contributed by atoms with Crippen LogP contribution in [0.2, 0.25) is 5.02 Å². The molecule has 0 bridgehead atoms. The second-order valence-corrected chi connectivity index (χ2v) is 5.82. The highest BCUT2D eigenvalue weighted by Crippen LogP contribution is 2.26. The highest BCUT2D eigenvalue weighted by atomic mass is 35.5. The van der Waals surface area contributed by atoms with Crippen LogP contribution in [0, 0.1) is 16.0 Å². The third-order valence-electron chi connectivity index (χ3n) is 3.76. The molecule has 1 aromatic carbocycles. The van der Waals surface area contributed by atoms with Crippen LogP contribution < -0.4 is 5.32 Å². The number of hydrogen-bond acceptors (Lipinski definition) is 3. The van der Waals surface area contributed by atoms with Crippen molar-refractivity contribution in [1.82, 2.24) is 5.32 Å². The second kappa shape index (κ2) is 6.35. The molecular formula is C14H19ClN2O2. The normalized spacial score (nSPS) is 23.3. The van der Waals surface area contributed by atoms with Crippen LogP contribution in [0.3, 0.4) is 0 Å². The van der Waals surface area contributed by atoms with Gasteiger partial charge in [0.15, 0.2) is 0 Å². The van der Waals surface area contributed by atoms with Crippen molar-refractivity contribution in [3.63, 3.8) is 0 Å². The number of nitro benzene ring substituents is 1. The van der Waals surface area contributed by atoms with Gasteiger partial charge in [0.1, 0.15) is 0 Å². The highest BCUT2D eigenvalue weighted by molar-refractivity contribution is 6.30. The molecule has 19 heavy (non-hydrogen) atoms. The summed E-state index contributed by atoms with van der Waals surface area (Å²) in [5.41, 5.74) is 0.802. The van der Waals surface area contributed by atoms with Gasteiger partial charge in [-0.15, -0.1) is 0 Å². The molecule has 1 aliphatic carbocycles. The zero-order valence-electron chi connectivity index (χ0n) is 11.1. The van der Waals surface area contributed by atoms with E-state index in [1.165, 1.54) is 18.9 Å². The third-order valence-corrected chi connectivity index (χ3v) is 3.99. The van der Waals surface area contributed by atoms with Gasteiger partial charge in [-0.25, -0.2) is 0 Å². The number of halogens is 1. The first-order chi connectivity index (χ1) is 9.06. The summed E-state index contributed by atoms with van der Waals surface area (Å²) < 4.78 is 0. The number of nitrogens with one attached hydrogen (secondary N) is 1. The van der Waals surface area contributed by atoms with Crippen molar-refractivity contribution in [2.75, 3.05) is 0 Å². The Morgan fingerprint density at radius 3 is 2.95 bits per heavy atom. The molecule has 104 valence electrons. The Kier molecular flexibility index (Phi) is 4.77. The maximum Gasteiger partial charge on any atom is 0.273 e. The van der Waals surface area contributed by atoms with Crippen LogP contribution in [-0.2, 0) is 6.54 Å². The molecule has 2 rings (SSSR count). The molecule has 1 N–H and O–H groups in total. The Balaban J connectivity index is 2.02. The molecule has 0 heterocycles. The van der Waals surface area contributed by atoms with Crippen LogP contribution in [0.1, 0.15) is 38.2 Å². The molecule has 0 spiro atoms. The molecule has 5 heteroatoms. The van der Waals surface area contributed by atoms with E-state index in [0.29, 0.717) is 23.2 Å². The van der Waals surface area contributed by atoms with E-state index >= 15 is 0 Å². The first-order valence-electron chi connectivity index (χ1n) is 6.72. The molecule has 1 aliphatic rings. The van der Waals surface area contributed by atoms with Gasteiger partial charge in [-0.1, -0.05) is 31.4 Å². The lowest BCUT2D eigenvalue weighted by Crippen LogP contribution is -2.33.